The fraction of sp³-hybridized carbons (Fsp3) is 0.333. The normalized spacial score (nSPS) is 12.6. The zero-order chi connectivity index (χ0) is 10.7. The highest BCUT2D eigenvalue weighted by molar-refractivity contribution is 5.29. The van der Waals surface area contributed by atoms with Gasteiger partial charge < -0.3 is 5.11 Å². The van der Waals surface area contributed by atoms with Gasteiger partial charge in [0.25, 0.3) is 0 Å². The number of benzene rings is 1. The Morgan fingerprint density at radius 1 is 1.57 bits per heavy atom. The zero-order valence-electron chi connectivity index (χ0n) is 8.55. The van der Waals surface area contributed by atoms with E-state index in [0.29, 0.717) is 6.42 Å². The minimum absolute atomic E-state index is 0.270. The Labute approximate surface area is 83.9 Å². The number of hydrogen-bond acceptors (Lipinski definition) is 1. The Morgan fingerprint density at radius 2 is 2.21 bits per heavy atom. The van der Waals surface area contributed by atoms with E-state index in [0.717, 1.165) is 16.7 Å². The number of aliphatic hydroxyl groups is 1. The standard InChI is InChI=1S/C12H15FO/c1-8(2)6-12(14)11-5-4-10(13)7-9(11)3/h4-5,7,12,14H,1,6H2,2-3H3. The molecule has 0 aliphatic carbocycles. The highest BCUT2D eigenvalue weighted by Gasteiger charge is 2.10. The number of halogens is 1. The molecule has 14 heavy (non-hydrogen) atoms. The molecule has 0 spiro atoms. The van der Waals surface area contributed by atoms with Crippen LogP contribution in [0.1, 0.15) is 30.6 Å². The van der Waals surface area contributed by atoms with Crippen LogP contribution in [-0.4, -0.2) is 5.11 Å². The van der Waals surface area contributed by atoms with Gasteiger partial charge in [0.15, 0.2) is 0 Å². The molecule has 0 radical (unpaired) electrons. The summed E-state index contributed by atoms with van der Waals surface area (Å²) < 4.78 is 12.8. The van der Waals surface area contributed by atoms with E-state index in [9.17, 15) is 9.50 Å². The summed E-state index contributed by atoms with van der Waals surface area (Å²) in [6, 6.07) is 4.42. The summed E-state index contributed by atoms with van der Waals surface area (Å²) >= 11 is 0. The smallest absolute Gasteiger partial charge is 0.123 e. The van der Waals surface area contributed by atoms with Gasteiger partial charge in [0.2, 0.25) is 0 Å². The van der Waals surface area contributed by atoms with Gasteiger partial charge in [0, 0.05) is 0 Å². The topological polar surface area (TPSA) is 20.2 Å². The second-order valence-electron chi connectivity index (χ2n) is 3.68. The van der Waals surface area contributed by atoms with Crippen LogP contribution in [0.25, 0.3) is 0 Å². The van der Waals surface area contributed by atoms with Gasteiger partial charge in [0.1, 0.15) is 5.82 Å². The predicted molar refractivity (Wildman–Crippen MR) is 55.5 cm³/mol. The van der Waals surface area contributed by atoms with Gasteiger partial charge in [-0.1, -0.05) is 11.6 Å². The molecule has 76 valence electrons. The van der Waals surface area contributed by atoms with Crippen LogP contribution in [0.5, 0.6) is 0 Å². The number of aliphatic hydroxyl groups excluding tert-OH is 1. The summed E-state index contributed by atoms with van der Waals surface area (Å²) in [4.78, 5) is 0. The second-order valence-corrected chi connectivity index (χ2v) is 3.68. The average Bonchev–Trinajstić information content (AvgIpc) is 2.01. The molecule has 0 saturated heterocycles. The lowest BCUT2D eigenvalue weighted by atomic mass is 9.99. The SMILES string of the molecule is C=C(C)CC(O)c1ccc(F)cc1C. The third-order valence-corrected chi connectivity index (χ3v) is 2.13. The Hall–Kier alpha value is -1.15. The van der Waals surface area contributed by atoms with Crippen molar-refractivity contribution in [2.75, 3.05) is 0 Å². The average molecular weight is 194 g/mol. The summed E-state index contributed by atoms with van der Waals surface area (Å²) in [6.07, 6.45) is -0.0555. The fourth-order valence-electron chi connectivity index (χ4n) is 1.45. The molecule has 2 heteroatoms. The Bertz CT molecular complexity index is 344. The van der Waals surface area contributed by atoms with Crippen LogP contribution in [0.3, 0.4) is 0 Å². The molecule has 1 N–H and O–H groups in total. The summed E-state index contributed by atoms with van der Waals surface area (Å²) in [5, 5.41) is 9.78. The molecule has 0 aliphatic heterocycles. The third kappa shape index (κ3) is 2.67. The van der Waals surface area contributed by atoms with Crippen LogP contribution >= 0.6 is 0 Å². The van der Waals surface area contributed by atoms with Crippen molar-refractivity contribution in [1.82, 2.24) is 0 Å². The molecule has 1 aromatic rings. The van der Waals surface area contributed by atoms with Crippen molar-refractivity contribution < 1.29 is 9.50 Å². The van der Waals surface area contributed by atoms with Crippen molar-refractivity contribution in [2.45, 2.75) is 26.4 Å². The lowest BCUT2D eigenvalue weighted by Gasteiger charge is -2.13. The summed E-state index contributed by atoms with van der Waals surface area (Å²) in [7, 11) is 0. The molecular weight excluding hydrogens is 179 g/mol. The van der Waals surface area contributed by atoms with Gasteiger partial charge in [-0.2, -0.15) is 0 Å². The van der Waals surface area contributed by atoms with E-state index in [-0.39, 0.29) is 5.82 Å². The fourth-order valence-corrected chi connectivity index (χ4v) is 1.45. The first-order valence-electron chi connectivity index (χ1n) is 4.59. The van der Waals surface area contributed by atoms with Crippen molar-refractivity contribution in [3.05, 3.63) is 47.3 Å². The highest BCUT2D eigenvalue weighted by atomic mass is 19.1. The maximum atomic E-state index is 12.8. The monoisotopic (exact) mass is 194 g/mol. The first-order chi connectivity index (χ1) is 6.50. The van der Waals surface area contributed by atoms with Crippen molar-refractivity contribution in [3.8, 4) is 0 Å². The highest BCUT2D eigenvalue weighted by Crippen LogP contribution is 2.23. The van der Waals surface area contributed by atoms with Crippen LogP contribution in [0, 0.1) is 12.7 Å². The van der Waals surface area contributed by atoms with Crippen LogP contribution in [0.15, 0.2) is 30.4 Å². The number of rotatable bonds is 3. The molecule has 0 aromatic heterocycles. The van der Waals surface area contributed by atoms with E-state index in [1.54, 1.807) is 13.0 Å². The Morgan fingerprint density at radius 3 is 2.71 bits per heavy atom. The van der Waals surface area contributed by atoms with Gasteiger partial charge in [0.05, 0.1) is 6.10 Å². The van der Waals surface area contributed by atoms with Gasteiger partial charge in [-0.3, -0.25) is 0 Å². The van der Waals surface area contributed by atoms with Crippen LogP contribution < -0.4 is 0 Å². The van der Waals surface area contributed by atoms with Crippen LogP contribution in [0.4, 0.5) is 4.39 Å². The lowest BCUT2D eigenvalue weighted by Crippen LogP contribution is -2.00. The van der Waals surface area contributed by atoms with E-state index in [1.165, 1.54) is 12.1 Å². The minimum Gasteiger partial charge on any atom is -0.388 e. The van der Waals surface area contributed by atoms with E-state index in [2.05, 4.69) is 6.58 Å². The number of hydrogen-bond donors (Lipinski definition) is 1. The van der Waals surface area contributed by atoms with E-state index in [4.69, 9.17) is 0 Å². The maximum absolute atomic E-state index is 12.8. The first kappa shape index (κ1) is 10.9. The Kier molecular flexibility index (Phi) is 3.42. The largest absolute Gasteiger partial charge is 0.388 e. The molecule has 0 bridgehead atoms. The van der Waals surface area contributed by atoms with E-state index in [1.807, 2.05) is 6.92 Å². The van der Waals surface area contributed by atoms with Gasteiger partial charge in [-0.05, 0) is 43.5 Å². The third-order valence-electron chi connectivity index (χ3n) is 2.13. The lowest BCUT2D eigenvalue weighted by molar-refractivity contribution is 0.177. The maximum Gasteiger partial charge on any atom is 0.123 e. The van der Waals surface area contributed by atoms with Gasteiger partial charge in [-0.15, -0.1) is 6.58 Å². The molecule has 0 heterocycles. The predicted octanol–water partition coefficient (Wildman–Crippen LogP) is 3.13. The molecule has 0 amide bonds. The van der Waals surface area contributed by atoms with Crippen molar-refractivity contribution in [3.63, 3.8) is 0 Å². The summed E-state index contributed by atoms with van der Waals surface area (Å²) in [5.41, 5.74) is 2.47. The van der Waals surface area contributed by atoms with Crippen LogP contribution in [0.2, 0.25) is 0 Å². The van der Waals surface area contributed by atoms with Crippen LogP contribution in [-0.2, 0) is 0 Å². The molecule has 1 rings (SSSR count). The second kappa shape index (κ2) is 4.38. The van der Waals surface area contributed by atoms with Gasteiger partial charge in [-0.25, -0.2) is 4.39 Å². The number of aryl methyl sites for hydroxylation is 1. The van der Waals surface area contributed by atoms with E-state index >= 15 is 0 Å². The molecule has 1 unspecified atom stereocenters. The van der Waals surface area contributed by atoms with Crippen molar-refractivity contribution in [1.29, 1.82) is 0 Å². The van der Waals surface area contributed by atoms with Crippen molar-refractivity contribution in [2.24, 2.45) is 0 Å². The summed E-state index contributed by atoms with van der Waals surface area (Å²) in [6.45, 7) is 7.39. The molecule has 1 atom stereocenters. The quantitative estimate of drug-likeness (QED) is 0.733. The Balaban J connectivity index is 2.90. The van der Waals surface area contributed by atoms with E-state index < -0.39 is 6.10 Å². The molecule has 1 aromatic carbocycles. The van der Waals surface area contributed by atoms with Gasteiger partial charge >= 0.3 is 0 Å². The zero-order valence-corrected chi connectivity index (χ0v) is 8.55. The first-order valence-corrected chi connectivity index (χ1v) is 4.59. The molecule has 0 saturated carbocycles. The molecule has 0 aliphatic rings. The minimum atomic E-state index is -0.576. The van der Waals surface area contributed by atoms with Crippen molar-refractivity contribution >= 4 is 0 Å². The summed E-state index contributed by atoms with van der Waals surface area (Å²) in [5.74, 6) is -0.270. The molecule has 0 fully saturated rings. The molecule has 1 nitrogen and oxygen atoms in total. The molecular formula is C12H15FO.